The van der Waals surface area contributed by atoms with Crippen molar-refractivity contribution in [2.24, 2.45) is 0 Å². The molecule has 1 atom stereocenters. The number of nitrogens with zero attached hydrogens (tertiary/aromatic N) is 1. The molecule has 0 fully saturated rings. The second kappa shape index (κ2) is 6.57. The minimum Gasteiger partial charge on any atom is -0.306 e. The minimum absolute atomic E-state index is 0.341. The van der Waals surface area contributed by atoms with Crippen LogP contribution in [0.5, 0.6) is 0 Å². The molecule has 1 aromatic heterocycles. The molecule has 0 amide bonds. The number of pyridine rings is 1. The lowest BCUT2D eigenvalue weighted by Crippen LogP contribution is -2.17. The molecule has 2 rings (SSSR count). The van der Waals surface area contributed by atoms with Crippen molar-refractivity contribution in [3.63, 3.8) is 0 Å². The number of rotatable bonds is 5. The van der Waals surface area contributed by atoms with Gasteiger partial charge in [0.15, 0.2) is 0 Å². The van der Waals surface area contributed by atoms with Crippen LogP contribution in [0.25, 0.3) is 0 Å². The monoisotopic (exact) mass is 258 g/mol. The molecular formula is C15H18N2S. The SMILES string of the molecule is CSc1ccc(CNC(C)c2ccncc2)cc1. The van der Waals surface area contributed by atoms with Crippen molar-refractivity contribution >= 4 is 11.8 Å². The van der Waals surface area contributed by atoms with Crippen molar-refractivity contribution in [3.8, 4) is 0 Å². The predicted molar refractivity (Wildman–Crippen MR) is 77.7 cm³/mol. The molecule has 0 aliphatic carbocycles. The molecule has 1 heterocycles. The highest BCUT2D eigenvalue weighted by Gasteiger charge is 2.03. The van der Waals surface area contributed by atoms with Crippen LogP contribution in [0.4, 0.5) is 0 Å². The Kier molecular flexibility index (Phi) is 4.79. The van der Waals surface area contributed by atoms with Crippen LogP contribution in [-0.2, 0) is 6.54 Å². The summed E-state index contributed by atoms with van der Waals surface area (Å²) in [5.74, 6) is 0. The van der Waals surface area contributed by atoms with Gasteiger partial charge >= 0.3 is 0 Å². The summed E-state index contributed by atoms with van der Waals surface area (Å²) in [4.78, 5) is 5.34. The van der Waals surface area contributed by atoms with Gasteiger partial charge < -0.3 is 5.32 Å². The van der Waals surface area contributed by atoms with E-state index in [9.17, 15) is 0 Å². The minimum atomic E-state index is 0.341. The zero-order valence-electron chi connectivity index (χ0n) is 10.8. The smallest absolute Gasteiger partial charge is 0.0296 e. The number of hydrogen-bond acceptors (Lipinski definition) is 3. The molecule has 0 saturated heterocycles. The molecule has 18 heavy (non-hydrogen) atoms. The Balaban J connectivity index is 1.91. The van der Waals surface area contributed by atoms with Gasteiger partial charge in [-0.2, -0.15) is 0 Å². The fourth-order valence-electron chi connectivity index (χ4n) is 1.78. The number of benzene rings is 1. The summed E-state index contributed by atoms with van der Waals surface area (Å²) in [7, 11) is 0. The Morgan fingerprint density at radius 3 is 2.39 bits per heavy atom. The van der Waals surface area contributed by atoms with Gasteiger partial charge in [-0.25, -0.2) is 0 Å². The second-order valence-corrected chi connectivity index (χ2v) is 5.11. The molecule has 2 nitrogen and oxygen atoms in total. The first-order chi connectivity index (χ1) is 8.79. The molecule has 1 aromatic carbocycles. The Morgan fingerprint density at radius 2 is 1.78 bits per heavy atom. The van der Waals surface area contributed by atoms with Crippen LogP contribution in [0.1, 0.15) is 24.1 Å². The summed E-state index contributed by atoms with van der Waals surface area (Å²) in [6.07, 6.45) is 5.76. The van der Waals surface area contributed by atoms with Crippen LogP contribution in [-0.4, -0.2) is 11.2 Å². The maximum Gasteiger partial charge on any atom is 0.0296 e. The molecular weight excluding hydrogens is 240 g/mol. The van der Waals surface area contributed by atoms with Crippen molar-refractivity contribution < 1.29 is 0 Å². The largest absolute Gasteiger partial charge is 0.306 e. The first-order valence-electron chi connectivity index (χ1n) is 6.06. The maximum absolute atomic E-state index is 4.04. The van der Waals surface area contributed by atoms with Gasteiger partial charge in [-0.1, -0.05) is 12.1 Å². The quantitative estimate of drug-likeness (QED) is 0.829. The topological polar surface area (TPSA) is 24.9 Å². The van der Waals surface area contributed by atoms with Gasteiger partial charge in [-0.15, -0.1) is 11.8 Å². The van der Waals surface area contributed by atoms with Crippen molar-refractivity contribution in [1.82, 2.24) is 10.3 Å². The van der Waals surface area contributed by atoms with Crippen molar-refractivity contribution in [1.29, 1.82) is 0 Å². The van der Waals surface area contributed by atoms with Gasteiger partial charge in [0.2, 0.25) is 0 Å². The molecule has 0 bridgehead atoms. The summed E-state index contributed by atoms with van der Waals surface area (Å²) in [6.45, 7) is 3.06. The summed E-state index contributed by atoms with van der Waals surface area (Å²) < 4.78 is 0. The molecule has 0 spiro atoms. The van der Waals surface area contributed by atoms with Crippen molar-refractivity contribution in [3.05, 3.63) is 59.9 Å². The number of nitrogens with one attached hydrogen (secondary N) is 1. The maximum atomic E-state index is 4.04. The molecule has 0 aliphatic heterocycles. The fourth-order valence-corrected chi connectivity index (χ4v) is 2.19. The third-order valence-electron chi connectivity index (χ3n) is 2.98. The van der Waals surface area contributed by atoms with Gasteiger partial charge in [0.05, 0.1) is 0 Å². The van der Waals surface area contributed by atoms with Crippen LogP contribution in [0.15, 0.2) is 53.7 Å². The molecule has 1 N–H and O–H groups in total. The van der Waals surface area contributed by atoms with Crippen molar-refractivity contribution in [2.75, 3.05) is 6.26 Å². The van der Waals surface area contributed by atoms with E-state index in [1.165, 1.54) is 16.0 Å². The van der Waals surface area contributed by atoms with Gasteiger partial charge in [0.25, 0.3) is 0 Å². The lowest BCUT2D eigenvalue weighted by molar-refractivity contribution is 0.574. The van der Waals surface area contributed by atoms with Crippen molar-refractivity contribution in [2.45, 2.75) is 24.4 Å². The fraction of sp³-hybridized carbons (Fsp3) is 0.267. The average molecular weight is 258 g/mol. The van der Waals surface area contributed by atoms with E-state index in [4.69, 9.17) is 0 Å². The van der Waals surface area contributed by atoms with Gasteiger partial charge in [0.1, 0.15) is 0 Å². The van der Waals surface area contributed by atoms with Crippen LogP contribution < -0.4 is 5.32 Å². The van der Waals surface area contributed by atoms with E-state index in [1.54, 1.807) is 11.8 Å². The van der Waals surface area contributed by atoms with Crippen LogP contribution in [0.2, 0.25) is 0 Å². The van der Waals surface area contributed by atoms with Gasteiger partial charge in [-0.05, 0) is 48.6 Å². The molecule has 1 unspecified atom stereocenters. The lowest BCUT2D eigenvalue weighted by Gasteiger charge is -2.14. The molecule has 0 saturated carbocycles. The van der Waals surface area contributed by atoms with E-state index >= 15 is 0 Å². The first kappa shape index (κ1) is 13.1. The summed E-state index contributed by atoms with van der Waals surface area (Å²) in [5.41, 5.74) is 2.58. The Morgan fingerprint density at radius 1 is 1.11 bits per heavy atom. The average Bonchev–Trinajstić information content (AvgIpc) is 2.46. The third kappa shape index (κ3) is 3.59. The van der Waals surface area contributed by atoms with E-state index in [0.29, 0.717) is 6.04 Å². The highest BCUT2D eigenvalue weighted by Crippen LogP contribution is 2.16. The molecule has 0 aliphatic rings. The summed E-state index contributed by atoms with van der Waals surface area (Å²) >= 11 is 1.77. The summed E-state index contributed by atoms with van der Waals surface area (Å²) in [6, 6.07) is 13.1. The normalized spacial score (nSPS) is 12.3. The molecule has 3 heteroatoms. The first-order valence-corrected chi connectivity index (χ1v) is 7.28. The van der Waals surface area contributed by atoms with E-state index in [2.05, 4.69) is 59.9 Å². The van der Waals surface area contributed by atoms with Crippen LogP contribution in [0.3, 0.4) is 0 Å². The Hall–Kier alpha value is -1.32. The van der Waals surface area contributed by atoms with E-state index in [0.717, 1.165) is 6.54 Å². The zero-order chi connectivity index (χ0) is 12.8. The van der Waals surface area contributed by atoms with E-state index < -0.39 is 0 Å². The van der Waals surface area contributed by atoms with Crippen LogP contribution in [0, 0.1) is 0 Å². The number of hydrogen-bond donors (Lipinski definition) is 1. The number of aromatic nitrogens is 1. The third-order valence-corrected chi connectivity index (χ3v) is 3.72. The summed E-state index contributed by atoms with van der Waals surface area (Å²) in [5, 5.41) is 3.52. The van der Waals surface area contributed by atoms with Gasteiger partial charge in [0, 0.05) is 29.9 Å². The molecule has 0 radical (unpaired) electrons. The van der Waals surface area contributed by atoms with E-state index in [1.807, 2.05) is 12.4 Å². The Labute approximate surface area is 113 Å². The lowest BCUT2D eigenvalue weighted by atomic mass is 10.1. The molecule has 2 aromatic rings. The number of thioether (sulfide) groups is 1. The Bertz CT molecular complexity index is 468. The zero-order valence-corrected chi connectivity index (χ0v) is 11.6. The van der Waals surface area contributed by atoms with E-state index in [-0.39, 0.29) is 0 Å². The molecule has 94 valence electrons. The second-order valence-electron chi connectivity index (χ2n) is 4.23. The van der Waals surface area contributed by atoms with Gasteiger partial charge in [-0.3, -0.25) is 4.98 Å². The van der Waals surface area contributed by atoms with Crippen LogP contribution >= 0.6 is 11.8 Å². The highest BCUT2D eigenvalue weighted by molar-refractivity contribution is 7.98. The predicted octanol–water partition coefficient (Wildman–Crippen LogP) is 3.65. The standard InChI is InChI=1S/C15H18N2S/c1-12(14-7-9-16-10-8-14)17-11-13-3-5-15(18-2)6-4-13/h3-10,12,17H,11H2,1-2H3. The highest BCUT2D eigenvalue weighted by atomic mass is 32.2.